The number of carbonyl (C=O) groups excluding carboxylic acids is 1. The zero-order chi connectivity index (χ0) is 16.7. The molecule has 0 fully saturated rings. The van der Waals surface area contributed by atoms with E-state index < -0.39 is 24.2 Å². The number of carbonyl (C=O) groups is 1. The van der Waals surface area contributed by atoms with E-state index in [2.05, 4.69) is 15.6 Å². The summed E-state index contributed by atoms with van der Waals surface area (Å²) in [6.07, 6.45) is -4.41. The topological polar surface area (TPSA) is 66.0 Å². The first-order chi connectivity index (χ1) is 9.50. The Kier molecular flexibility index (Phi) is 10.8. The summed E-state index contributed by atoms with van der Waals surface area (Å²) in [7, 11) is 4.16. The average Bonchev–Trinajstić information content (AvgIpc) is 2.36. The molecule has 6 nitrogen and oxygen atoms in total. The van der Waals surface area contributed by atoms with E-state index in [0.29, 0.717) is 17.4 Å². The standard InChI is InChI=1S/C12H23F3N4O2.HI/c1-11(2,21-5)7-18-10(16-3)17-6-9(20)19(4)8-12(13,14)15;/h6-8H2,1-5H3,(H2,16,17,18);1H. The molecule has 0 rings (SSSR count). The SMILES string of the molecule is CN=C(NCC(=O)N(C)CC(F)(F)F)NCC(C)(C)OC.I. The van der Waals surface area contributed by atoms with Gasteiger partial charge in [-0.25, -0.2) is 0 Å². The maximum Gasteiger partial charge on any atom is 0.406 e. The minimum atomic E-state index is -4.41. The van der Waals surface area contributed by atoms with Crippen LogP contribution in [0.1, 0.15) is 13.8 Å². The van der Waals surface area contributed by atoms with Crippen molar-refractivity contribution in [3.05, 3.63) is 0 Å². The molecule has 0 unspecified atom stereocenters. The maximum atomic E-state index is 12.2. The number of aliphatic imine (C=N–C) groups is 1. The fraction of sp³-hybridized carbons (Fsp3) is 0.833. The van der Waals surface area contributed by atoms with Crippen LogP contribution in [0.4, 0.5) is 13.2 Å². The normalized spacial score (nSPS) is 12.5. The van der Waals surface area contributed by atoms with Crippen molar-refractivity contribution in [3.63, 3.8) is 0 Å². The van der Waals surface area contributed by atoms with Gasteiger partial charge in [0, 0.05) is 27.7 Å². The minimum absolute atomic E-state index is 0. The second-order valence-electron chi connectivity index (χ2n) is 5.11. The average molecular weight is 440 g/mol. The number of alkyl halides is 3. The van der Waals surface area contributed by atoms with E-state index >= 15 is 0 Å². The Morgan fingerprint density at radius 2 is 1.82 bits per heavy atom. The number of nitrogens with zero attached hydrogens (tertiary/aromatic N) is 2. The van der Waals surface area contributed by atoms with Crippen molar-refractivity contribution in [3.8, 4) is 0 Å². The summed E-state index contributed by atoms with van der Waals surface area (Å²) in [5.41, 5.74) is -0.436. The van der Waals surface area contributed by atoms with E-state index in [9.17, 15) is 18.0 Å². The number of hydrogen-bond acceptors (Lipinski definition) is 3. The lowest BCUT2D eigenvalue weighted by Gasteiger charge is -2.25. The van der Waals surface area contributed by atoms with Crippen LogP contribution < -0.4 is 10.6 Å². The number of nitrogens with one attached hydrogen (secondary N) is 2. The Morgan fingerprint density at radius 3 is 2.23 bits per heavy atom. The number of rotatable bonds is 6. The predicted molar refractivity (Wildman–Crippen MR) is 89.6 cm³/mol. The van der Waals surface area contributed by atoms with Gasteiger partial charge in [0.1, 0.15) is 6.54 Å². The third-order valence-corrected chi connectivity index (χ3v) is 2.71. The van der Waals surface area contributed by atoms with Crippen LogP contribution in [0.3, 0.4) is 0 Å². The van der Waals surface area contributed by atoms with Crippen LogP contribution in [-0.2, 0) is 9.53 Å². The third-order valence-electron chi connectivity index (χ3n) is 2.71. The Hall–Kier alpha value is -0.780. The molecule has 0 saturated heterocycles. The molecule has 22 heavy (non-hydrogen) atoms. The van der Waals surface area contributed by atoms with E-state index in [-0.39, 0.29) is 30.5 Å². The largest absolute Gasteiger partial charge is 0.406 e. The molecule has 0 aliphatic rings. The van der Waals surface area contributed by atoms with Crippen LogP contribution >= 0.6 is 24.0 Å². The number of likely N-dealkylation sites (N-methyl/N-ethyl adjacent to an activating group) is 1. The van der Waals surface area contributed by atoms with Crippen molar-refractivity contribution < 1.29 is 22.7 Å². The molecule has 0 aromatic carbocycles. The highest BCUT2D eigenvalue weighted by atomic mass is 127. The Balaban J connectivity index is 0. The van der Waals surface area contributed by atoms with E-state index in [1.165, 1.54) is 7.05 Å². The Bertz CT molecular complexity index is 376. The first-order valence-corrected chi connectivity index (χ1v) is 6.31. The number of hydrogen-bond donors (Lipinski definition) is 2. The molecule has 0 aliphatic carbocycles. The summed E-state index contributed by atoms with van der Waals surface area (Å²) < 4.78 is 41.7. The van der Waals surface area contributed by atoms with Gasteiger partial charge < -0.3 is 20.3 Å². The quantitative estimate of drug-likeness (QED) is 0.371. The van der Waals surface area contributed by atoms with Crippen molar-refractivity contribution in [1.82, 2.24) is 15.5 Å². The fourth-order valence-corrected chi connectivity index (χ4v) is 1.24. The molecule has 0 radical (unpaired) electrons. The van der Waals surface area contributed by atoms with Gasteiger partial charge in [-0.3, -0.25) is 9.79 Å². The molecule has 0 heterocycles. The number of halogens is 4. The zero-order valence-electron chi connectivity index (χ0n) is 13.4. The van der Waals surface area contributed by atoms with Gasteiger partial charge in [-0.05, 0) is 13.8 Å². The number of amides is 1. The van der Waals surface area contributed by atoms with Crippen LogP contribution in [0.15, 0.2) is 4.99 Å². The van der Waals surface area contributed by atoms with Crippen LogP contribution in [0, 0.1) is 0 Å². The highest BCUT2D eigenvalue weighted by Crippen LogP contribution is 2.15. The van der Waals surface area contributed by atoms with Gasteiger partial charge in [-0.15, -0.1) is 24.0 Å². The third kappa shape index (κ3) is 10.9. The molecule has 132 valence electrons. The van der Waals surface area contributed by atoms with Crippen LogP contribution in [0.2, 0.25) is 0 Å². The highest BCUT2D eigenvalue weighted by Gasteiger charge is 2.31. The summed E-state index contributed by atoms with van der Waals surface area (Å²) in [6.45, 7) is 2.58. The fourth-order valence-electron chi connectivity index (χ4n) is 1.24. The van der Waals surface area contributed by atoms with Crippen molar-refractivity contribution in [2.75, 3.05) is 40.8 Å². The van der Waals surface area contributed by atoms with Crippen molar-refractivity contribution in [2.45, 2.75) is 25.6 Å². The molecule has 0 aromatic heterocycles. The molecule has 0 atom stereocenters. The van der Waals surface area contributed by atoms with E-state index in [0.717, 1.165) is 7.05 Å². The number of ether oxygens (including phenoxy) is 1. The van der Waals surface area contributed by atoms with Crippen molar-refractivity contribution in [1.29, 1.82) is 0 Å². The van der Waals surface area contributed by atoms with Gasteiger partial charge in [-0.2, -0.15) is 13.2 Å². The minimum Gasteiger partial charge on any atom is -0.377 e. The van der Waals surface area contributed by atoms with Crippen LogP contribution in [0.25, 0.3) is 0 Å². The molecule has 0 spiro atoms. The Labute approximate surface area is 145 Å². The lowest BCUT2D eigenvalue weighted by atomic mass is 10.1. The monoisotopic (exact) mass is 440 g/mol. The van der Waals surface area contributed by atoms with Gasteiger partial charge in [0.15, 0.2) is 5.96 Å². The first-order valence-electron chi connectivity index (χ1n) is 6.31. The van der Waals surface area contributed by atoms with Gasteiger partial charge >= 0.3 is 6.18 Å². The van der Waals surface area contributed by atoms with Crippen molar-refractivity contribution >= 4 is 35.8 Å². The van der Waals surface area contributed by atoms with Crippen LogP contribution in [-0.4, -0.2) is 69.4 Å². The van der Waals surface area contributed by atoms with E-state index in [1.54, 1.807) is 7.11 Å². The van der Waals surface area contributed by atoms with Gasteiger partial charge in [0.2, 0.25) is 5.91 Å². The molecule has 1 amide bonds. The van der Waals surface area contributed by atoms with Gasteiger partial charge in [0.05, 0.1) is 12.1 Å². The van der Waals surface area contributed by atoms with Gasteiger partial charge in [-0.1, -0.05) is 0 Å². The molecule has 0 aliphatic heterocycles. The lowest BCUT2D eigenvalue weighted by molar-refractivity contribution is -0.157. The maximum absolute atomic E-state index is 12.2. The molecule has 2 N–H and O–H groups in total. The van der Waals surface area contributed by atoms with Gasteiger partial charge in [0.25, 0.3) is 0 Å². The second kappa shape index (κ2) is 10.1. The number of methoxy groups -OCH3 is 1. The summed E-state index contributed by atoms with van der Waals surface area (Å²) in [6, 6.07) is 0. The molecule has 10 heteroatoms. The molecular weight excluding hydrogens is 416 g/mol. The smallest absolute Gasteiger partial charge is 0.377 e. The molecule has 0 bridgehead atoms. The first kappa shape index (κ1) is 23.5. The molecule has 0 saturated carbocycles. The predicted octanol–water partition coefficient (Wildman–Crippen LogP) is 1.22. The van der Waals surface area contributed by atoms with Crippen LogP contribution in [0.5, 0.6) is 0 Å². The number of guanidine groups is 1. The molecule has 0 aromatic rings. The molecular formula is C12H24F3IN4O2. The second-order valence-corrected chi connectivity index (χ2v) is 5.11. The summed E-state index contributed by atoms with van der Waals surface area (Å²) in [4.78, 5) is 16.0. The summed E-state index contributed by atoms with van der Waals surface area (Å²) >= 11 is 0. The summed E-state index contributed by atoms with van der Waals surface area (Å²) in [5, 5.41) is 5.58. The zero-order valence-corrected chi connectivity index (χ0v) is 15.7. The van der Waals surface area contributed by atoms with E-state index in [4.69, 9.17) is 4.74 Å². The van der Waals surface area contributed by atoms with Crippen molar-refractivity contribution in [2.24, 2.45) is 4.99 Å². The Morgan fingerprint density at radius 1 is 1.27 bits per heavy atom. The lowest BCUT2D eigenvalue weighted by Crippen LogP contribution is -2.48. The summed E-state index contributed by atoms with van der Waals surface area (Å²) in [5.74, 6) is -0.366. The highest BCUT2D eigenvalue weighted by molar-refractivity contribution is 14.0. The van der Waals surface area contributed by atoms with E-state index in [1.807, 2.05) is 13.8 Å².